The summed E-state index contributed by atoms with van der Waals surface area (Å²) in [6, 6.07) is 2.37. The molecule has 0 radical (unpaired) electrons. The molecule has 4 nitrogen and oxygen atoms in total. The van der Waals surface area contributed by atoms with E-state index in [4.69, 9.17) is 10.5 Å². The fourth-order valence-electron chi connectivity index (χ4n) is 2.88. The lowest BCUT2D eigenvalue weighted by molar-refractivity contribution is -0.140. The van der Waals surface area contributed by atoms with Gasteiger partial charge < -0.3 is 15.4 Å². The highest BCUT2D eigenvalue weighted by Crippen LogP contribution is 2.35. The molecule has 25 heavy (non-hydrogen) atoms. The Morgan fingerprint density at radius 2 is 1.92 bits per heavy atom. The Bertz CT molecular complexity index is 641. The van der Waals surface area contributed by atoms with Crippen molar-refractivity contribution in [3.63, 3.8) is 0 Å². The molecule has 2 atom stereocenters. The van der Waals surface area contributed by atoms with E-state index in [2.05, 4.69) is 0 Å². The number of likely N-dealkylation sites (tertiary alicyclic amines) is 1. The number of ether oxygens (including phenoxy) is 1. The number of halogens is 4. The van der Waals surface area contributed by atoms with E-state index >= 15 is 0 Å². The standard InChI is InChI=1S/C17H22F4N2O2/c1-16(2,3)25-15(24)23-7-6-11(14(22)9-23)10-4-5-13(18)12(8-10)17(19,20)21/h4-5,8,11,14H,6-7,9,22H2,1-3H3/t11-,14-/m1/s1. The minimum atomic E-state index is -4.76. The summed E-state index contributed by atoms with van der Waals surface area (Å²) >= 11 is 0. The lowest BCUT2D eigenvalue weighted by Gasteiger charge is -2.37. The number of nitrogens with zero attached hydrogens (tertiary/aromatic N) is 1. The van der Waals surface area contributed by atoms with Gasteiger partial charge in [0.15, 0.2) is 0 Å². The molecule has 8 heteroatoms. The molecule has 0 saturated carbocycles. The first kappa shape index (κ1) is 19.5. The maximum Gasteiger partial charge on any atom is 0.419 e. The fourth-order valence-corrected chi connectivity index (χ4v) is 2.88. The van der Waals surface area contributed by atoms with E-state index in [1.807, 2.05) is 0 Å². The van der Waals surface area contributed by atoms with Crippen molar-refractivity contribution in [2.45, 2.75) is 50.9 Å². The zero-order valence-electron chi connectivity index (χ0n) is 14.4. The van der Waals surface area contributed by atoms with Gasteiger partial charge in [0.05, 0.1) is 5.56 Å². The zero-order chi connectivity index (χ0) is 19.0. The molecular formula is C17H22F4N2O2. The number of piperidine rings is 1. The highest BCUT2D eigenvalue weighted by atomic mass is 19.4. The zero-order valence-corrected chi connectivity index (χ0v) is 14.4. The second-order valence-electron chi connectivity index (χ2n) is 7.22. The Kier molecular flexibility index (Phi) is 5.32. The molecule has 140 valence electrons. The van der Waals surface area contributed by atoms with Crippen LogP contribution in [0, 0.1) is 5.82 Å². The predicted octanol–water partition coefficient (Wildman–Crippen LogP) is 3.90. The van der Waals surface area contributed by atoms with Crippen LogP contribution in [-0.4, -0.2) is 35.7 Å². The van der Waals surface area contributed by atoms with Crippen molar-refractivity contribution in [3.05, 3.63) is 35.1 Å². The molecule has 0 aromatic heterocycles. The van der Waals surface area contributed by atoms with Gasteiger partial charge >= 0.3 is 12.3 Å². The summed E-state index contributed by atoms with van der Waals surface area (Å²) in [6.45, 7) is 5.71. The smallest absolute Gasteiger partial charge is 0.419 e. The number of nitrogens with two attached hydrogens (primary N) is 1. The third kappa shape index (κ3) is 4.84. The Morgan fingerprint density at radius 1 is 1.28 bits per heavy atom. The summed E-state index contributed by atoms with van der Waals surface area (Å²) in [5.74, 6) is -1.70. The van der Waals surface area contributed by atoms with Gasteiger partial charge in [-0.15, -0.1) is 0 Å². The molecule has 2 N–H and O–H groups in total. The predicted molar refractivity (Wildman–Crippen MR) is 84.5 cm³/mol. The maximum absolute atomic E-state index is 13.4. The molecule has 1 aliphatic heterocycles. The molecule has 0 unspecified atom stereocenters. The van der Waals surface area contributed by atoms with E-state index in [9.17, 15) is 22.4 Å². The number of carbonyl (C=O) groups excluding carboxylic acids is 1. The minimum Gasteiger partial charge on any atom is -0.444 e. The topological polar surface area (TPSA) is 55.6 Å². The van der Waals surface area contributed by atoms with Crippen LogP contribution in [0.4, 0.5) is 22.4 Å². The Hall–Kier alpha value is -1.83. The fraction of sp³-hybridized carbons (Fsp3) is 0.588. The first-order valence-electron chi connectivity index (χ1n) is 7.98. The van der Waals surface area contributed by atoms with Crippen molar-refractivity contribution in [3.8, 4) is 0 Å². The van der Waals surface area contributed by atoms with E-state index < -0.39 is 35.3 Å². The molecule has 2 rings (SSSR count). The van der Waals surface area contributed by atoms with Crippen LogP contribution >= 0.6 is 0 Å². The first-order chi connectivity index (χ1) is 11.4. The van der Waals surface area contributed by atoms with Gasteiger partial charge in [-0.3, -0.25) is 0 Å². The Morgan fingerprint density at radius 3 is 2.44 bits per heavy atom. The lowest BCUT2D eigenvalue weighted by atomic mass is 9.85. The summed E-state index contributed by atoms with van der Waals surface area (Å²) in [5, 5.41) is 0. The highest BCUT2D eigenvalue weighted by Gasteiger charge is 2.37. The van der Waals surface area contributed by atoms with Crippen molar-refractivity contribution in [2.24, 2.45) is 5.73 Å². The van der Waals surface area contributed by atoms with E-state index in [1.165, 1.54) is 11.0 Å². The van der Waals surface area contributed by atoms with Gasteiger partial charge in [-0.2, -0.15) is 13.2 Å². The maximum atomic E-state index is 13.4. The first-order valence-corrected chi connectivity index (χ1v) is 7.98. The number of rotatable bonds is 1. The molecule has 0 aliphatic carbocycles. The number of hydrogen-bond acceptors (Lipinski definition) is 3. The van der Waals surface area contributed by atoms with E-state index in [0.29, 0.717) is 18.5 Å². The van der Waals surface area contributed by atoms with Crippen LogP contribution in [0.25, 0.3) is 0 Å². The van der Waals surface area contributed by atoms with Crippen LogP contribution in [0.1, 0.15) is 44.2 Å². The molecule has 1 aromatic carbocycles. The summed E-state index contributed by atoms with van der Waals surface area (Å²) < 4.78 is 57.3. The normalized spacial score (nSPS) is 22.0. The number of benzene rings is 1. The van der Waals surface area contributed by atoms with Crippen LogP contribution < -0.4 is 5.73 Å². The summed E-state index contributed by atoms with van der Waals surface area (Å²) in [7, 11) is 0. The van der Waals surface area contributed by atoms with Crippen molar-refractivity contribution < 1.29 is 27.1 Å². The third-order valence-corrected chi connectivity index (χ3v) is 4.03. The molecule has 1 aromatic rings. The second kappa shape index (κ2) is 6.82. The van der Waals surface area contributed by atoms with Gasteiger partial charge in [0.2, 0.25) is 0 Å². The monoisotopic (exact) mass is 362 g/mol. The average Bonchev–Trinajstić information content (AvgIpc) is 2.45. The molecule has 1 aliphatic rings. The molecule has 1 amide bonds. The number of alkyl halides is 3. The number of hydrogen-bond donors (Lipinski definition) is 1. The van der Waals surface area contributed by atoms with E-state index in [-0.39, 0.29) is 12.5 Å². The van der Waals surface area contributed by atoms with Crippen molar-refractivity contribution in [1.82, 2.24) is 4.90 Å². The number of carbonyl (C=O) groups is 1. The molecule has 1 fully saturated rings. The molecule has 1 heterocycles. The summed E-state index contributed by atoms with van der Waals surface area (Å²) in [5.41, 5.74) is 4.46. The number of amides is 1. The Labute approximate surface area is 143 Å². The van der Waals surface area contributed by atoms with Crippen LogP contribution in [0.5, 0.6) is 0 Å². The quantitative estimate of drug-likeness (QED) is 0.771. The largest absolute Gasteiger partial charge is 0.444 e. The molecule has 0 bridgehead atoms. The van der Waals surface area contributed by atoms with Crippen LogP contribution in [0.3, 0.4) is 0 Å². The van der Waals surface area contributed by atoms with Crippen molar-refractivity contribution in [2.75, 3.05) is 13.1 Å². The summed E-state index contributed by atoms with van der Waals surface area (Å²) in [4.78, 5) is 13.5. The van der Waals surface area contributed by atoms with Gasteiger partial charge in [-0.25, -0.2) is 9.18 Å². The van der Waals surface area contributed by atoms with Crippen molar-refractivity contribution >= 4 is 6.09 Å². The molecule has 1 saturated heterocycles. The van der Waals surface area contributed by atoms with Crippen LogP contribution in [0.2, 0.25) is 0 Å². The van der Waals surface area contributed by atoms with Crippen LogP contribution in [-0.2, 0) is 10.9 Å². The Balaban J connectivity index is 2.13. The van der Waals surface area contributed by atoms with Gasteiger partial charge in [-0.1, -0.05) is 6.07 Å². The average molecular weight is 362 g/mol. The third-order valence-electron chi connectivity index (χ3n) is 4.03. The minimum absolute atomic E-state index is 0.165. The van der Waals surface area contributed by atoms with Gasteiger partial charge in [0.1, 0.15) is 11.4 Å². The SMILES string of the molecule is CC(C)(C)OC(=O)N1CC[C@H](c2ccc(F)c(C(F)(F)F)c2)[C@H](N)C1. The van der Waals surface area contributed by atoms with E-state index in [0.717, 1.165) is 12.1 Å². The molecule has 0 spiro atoms. The highest BCUT2D eigenvalue weighted by molar-refractivity contribution is 5.68. The van der Waals surface area contributed by atoms with Gasteiger partial charge in [0.25, 0.3) is 0 Å². The molecular weight excluding hydrogens is 340 g/mol. The second-order valence-corrected chi connectivity index (χ2v) is 7.22. The van der Waals surface area contributed by atoms with E-state index in [1.54, 1.807) is 20.8 Å². The summed E-state index contributed by atoms with van der Waals surface area (Å²) in [6.07, 6.45) is -4.89. The lowest BCUT2D eigenvalue weighted by Crippen LogP contribution is -2.50. The van der Waals surface area contributed by atoms with Gasteiger partial charge in [-0.05, 0) is 44.9 Å². The van der Waals surface area contributed by atoms with Crippen LogP contribution in [0.15, 0.2) is 18.2 Å². The van der Waals surface area contributed by atoms with Gasteiger partial charge in [0, 0.05) is 25.0 Å². The van der Waals surface area contributed by atoms with Crippen molar-refractivity contribution in [1.29, 1.82) is 0 Å².